The van der Waals surface area contributed by atoms with Crippen LogP contribution in [0.15, 0.2) is 30.6 Å². The Kier molecular flexibility index (Phi) is 4.40. The predicted octanol–water partition coefficient (Wildman–Crippen LogP) is 2.10. The second kappa shape index (κ2) is 6.23. The molecule has 0 unspecified atom stereocenters. The van der Waals surface area contributed by atoms with Crippen molar-refractivity contribution in [3.63, 3.8) is 0 Å². The van der Waals surface area contributed by atoms with Crippen molar-refractivity contribution >= 4 is 28.1 Å². The Balaban J connectivity index is 2.19. The number of fused-ring (bicyclic) bond motifs is 1. The summed E-state index contributed by atoms with van der Waals surface area (Å²) in [6.45, 7) is 5.67. The number of nitrogen functional groups attached to an aromatic ring is 1. The topological polar surface area (TPSA) is 71.2 Å². The van der Waals surface area contributed by atoms with Gasteiger partial charge in [0.05, 0.1) is 6.54 Å². The molecule has 0 atom stereocenters. The Bertz CT molecular complexity index is 608. The van der Waals surface area contributed by atoms with Gasteiger partial charge in [0, 0.05) is 47.6 Å². The number of anilines is 2. The van der Waals surface area contributed by atoms with Gasteiger partial charge in [-0.3, -0.25) is 9.78 Å². The molecule has 0 radical (unpaired) electrons. The Morgan fingerprint density at radius 3 is 2.70 bits per heavy atom. The van der Waals surface area contributed by atoms with E-state index in [1.807, 2.05) is 32.0 Å². The van der Waals surface area contributed by atoms with Crippen LogP contribution in [0.4, 0.5) is 11.4 Å². The highest BCUT2D eigenvalue weighted by Gasteiger charge is 2.10. The Hall–Kier alpha value is -2.30. The Morgan fingerprint density at radius 2 is 2.00 bits per heavy atom. The molecule has 2 aromatic rings. The van der Waals surface area contributed by atoms with Gasteiger partial charge in [-0.25, -0.2) is 0 Å². The molecule has 0 saturated heterocycles. The summed E-state index contributed by atoms with van der Waals surface area (Å²) in [5.74, 6) is 0.0869. The quantitative estimate of drug-likeness (QED) is 0.818. The summed E-state index contributed by atoms with van der Waals surface area (Å²) in [5.41, 5.74) is 7.53. The zero-order chi connectivity index (χ0) is 14.5. The van der Waals surface area contributed by atoms with E-state index < -0.39 is 0 Å². The number of nitrogens with zero attached hydrogens (tertiary/aromatic N) is 2. The van der Waals surface area contributed by atoms with Gasteiger partial charge in [0.1, 0.15) is 0 Å². The van der Waals surface area contributed by atoms with E-state index in [4.69, 9.17) is 5.73 Å². The van der Waals surface area contributed by atoms with E-state index in [9.17, 15) is 4.79 Å². The van der Waals surface area contributed by atoms with E-state index in [0.29, 0.717) is 5.69 Å². The van der Waals surface area contributed by atoms with Crippen LogP contribution in [0, 0.1) is 0 Å². The number of hydrogen-bond donors (Lipinski definition) is 2. The monoisotopic (exact) mass is 272 g/mol. The summed E-state index contributed by atoms with van der Waals surface area (Å²) in [5, 5.41) is 5.05. The molecule has 1 amide bonds. The van der Waals surface area contributed by atoms with Gasteiger partial charge in [0.2, 0.25) is 5.91 Å². The van der Waals surface area contributed by atoms with Crippen LogP contribution < -0.4 is 11.1 Å². The SMILES string of the molecule is CCN(CC)C(=O)CNc1ccc(N)c2ccncc12. The van der Waals surface area contributed by atoms with Crippen molar-refractivity contribution in [1.29, 1.82) is 0 Å². The first-order valence-corrected chi connectivity index (χ1v) is 6.81. The maximum absolute atomic E-state index is 12.0. The average molecular weight is 272 g/mol. The first-order valence-electron chi connectivity index (χ1n) is 6.81. The molecule has 3 N–H and O–H groups in total. The van der Waals surface area contributed by atoms with Crippen molar-refractivity contribution in [2.75, 3.05) is 30.7 Å². The van der Waals surface area contributed by atoms with Gasteiger partial charge in [-0.2, -0.15) is 0 Å². The molecule has 0 spiro atoms. The minimum absolute atomic E-state index is 0.0869. The van der Waals surface area contributed by atoms with Crippen LogP contribution >= 0.6 is 0 Å². The molecule has 0 saturated carbocycles. The van der Waals surface area contributed by atoms with Crippen LogP contribution in [0.1, 0.15) is 13.8 Å². The highest BCUT2D eigenvalue weighted by Crippen LogP contribution is 2.27. The fourth-order valence-corrected chi connectivity index (χ4v) is 2.23. The van der Waals surface area contributed by atoms with Gasteiger partial charge in [-0.1, -0.05) is 0 Å². The van der Waals surface area contributed by atoms with Crippen molar-refractivity contribution in [2.24, 2.45) is 0 Å². The molecular formula is C15H20N4O. The number of amides is 1. The summed E-state index contributed by atoms with van der Waals surface area (Å²) < 4.78 is 0. The van der Waals surface area contributed by atoms with E-state index in [0.717, 1.165) is 29.5 Å². The van der Waals surface area contributed by atoms with Crippen LogP contribution in [-0.4, -0.2) is 35.4 Å². The number of nitrogens with two attached hydrogens (primary N) is 1. The molecular weight excluding hydrogens is 252 g/mol. The molecule has 0 aliphatic heterocycles. The third-order valence-corrected chi connectivity index (χ3v) is 3.40. The molecule has 0 aliphatic carbocycles. The van der Waals surface area contributed by atoms with Gasteiger partial charge >= 0.3 is 0 Å². The van der Waals surface area contributed by atoms with Crippen molar-refractivity contribution in [1.82, 2.24) is 9.88 Å². The molecule has 0 bridgehead atoms. The van der Waals surface area contributed by atoms with Crippen molar-refractivity contribution < 1.29 is 4.79 Å². The maximum Gasteiger partial charge on any atom is 0.241 e. The normalized spacial score (nSPS) is 10.5. The fourth-order valence-electron chi connectivity index (χ4n) is 2.23. The Morgan fingerprint density at radius 1 is 1.25 bits per heavy atom. The second-order valence-corrected chi connectivity index (χ2v) is 4.54. The zero-order valence-electron chi connectivity index (χ0n) is 11.9. The summed E-state index contributed by atoms with van der Waals surface area (Å²) >= 11 is 0. The van der Waals surface area contributed by atoms with Crippen molar-refractivity contribution in [3.05, 3.63) is 30.6 Å². The molecule has 1 aromatic heterocycles. The van der Waals surface area contributed by atoms with E-state index >= 15 is 0 Å². The molecule has 5 heteroatoms. The van der Waals surface area contributed by atoms with E-state index in [1.165, 1.54) is 0 Å². The zero-order valence-corrected chi connectivity index (χ0v) is 11.9. The Labute approximate surface area is 118 Å². The first kappa shape index (κ1) is 14.1. The lowest BCUT2D eigenvalue weighted by Gasteiger charge is -2.19. The fraction of sp³-hybridized carbons (Fsp3) is 0.333. The molecule has 5 nitrogen and oxygen atoms in total. The number of carbonyl (C=O) groups is 1. The number of pyridine rings is 1. The lowest BCUT2D eigenvalue weighted by atomic mass is 10.1. The largest absolute Gasteiger partial charge is 0.398 e. The predicted molar refractivity (Wildman–Crippen MR) is 82.6 cm³/mol. The van der Waals surface area contributed by atoms with Crippen LogP contribution in [0.3, 0.4) is 0 Å². The highest BCUT2D eigenvalue weighted by atomic mass is 16.2. The van der Waals surface area contributed by atoms with Crippen LogP contribution in [0.2, 0.25) is 0 Å². The number of likely N-dealkylation sites (N-methyl/N-ethyl adjacent to an activating group) is 1. The maximum atomic E-state index is 12.0. The third-order valence-electron chi connectivity index (χ3n) is 3.40. The number of rotatable bonds is 5. The van der Waals surface area contributed by atoms with Gasteiger partial charge in [0.25, 0.3) is 0 Å². The van der Waals surface area contributed by atoms with Gasteiger partial charge < -0.3 is 16.0 Å². The molecule has 106 valence electrons. The number of hydrogen-bond acceptors (Lipinski definition) is 4. The molecule has 1 aromatic carbocycles. The number of nitrogens with one attached hydrogen (secondary N) is 1. The summed E-state index contributed by atoms with van der Waals surface area (Å²) in [6.07, 6.45) is 3.47. The average Bonchev–Trinajstić information content (AvgIpc) is 2.48. The van der Waals surface area contributed by atoms with Gasteiger partial charge in [-0.05, 0) is 32.0 Å². The number of benzene rings is 1. The van der Waals surface area contributed by atoms with Crippen molar-refractivity contribution in [3.8, 4) is 0 Å². The van der Waals surface area contributed by atoms with Crippen LogP contribution in [-0.2, 0) is 4.79 Å². The number of carbonyl (C=O) groups excluding carboxylic acids is 1. The lowest BCUT2D eigenvalue weighted by molar-refractivity contribution is -0.128. The van der Waals surface area contributed by atoms with E-state index in [2.05, 4.69) is 10.3 Å². The van der Waals surface area contributed by atoms with Gasteiger partial charge in [0.15, 0.2) is 0 Å². The van der Waals surface area contributed by atoms with Gasteiger partial charge in [-0.15, -0.1) is 0 Å². The molecule has 0 fully saturated rings. The van der Waals surface area contributed by atoms with Crippen molar-refractivity contribution in [2.45, 2.75) is 13.8 Å². The third kappa shape index (κ3) is 2.82. The summed E-state index contributed by atoms with van der Waals surface area (Å²) in [7, 11) is 0. The second-order valence-electron chi connectivity index (χ2n) is 4.54. The van der Waals surface area contributed by atoms with Crippen LogP contribution in [0.5, 0.6) is 0 Å². The molecule has 1 heterocycles. The highest BCUT2D eigenvalue weighted by molar-refractivity contribution is 6.01. The minimum atomic E-state index is 0.0869. The summed E-state index contributed by atoms with van der Waals surface area (Å²) in [4.78, 5) is 17.9. The lowest BCUT2D eigenvalue weighted by Crippen LogP contribution is -2.35. The standard InChI is InChI=1S/C15H20N4O/c1-3-19(4-2)15(20)10-18-14-6-5-13(16)11-7-8-17-9-12(11)14/h5-9,18H,3-4,10,16H2,1-2H3. The van der Waals surface area contributed by atoms with Crippen LogP contribution in [0.25, 0.3) is 10.8 Å². The molecule has 20 heavy (non-hydrogen) atoms. The first-order chi connectivity index (χ1) is 9.67. The minimum Gasteiger partial charge on any atom is -0.398 e. The smallest absolute Gasteiger partial charge is 0.241 e. The summed E-state index contributed by atoms with van der Waals surface area (Å²) in [6, 6.07) is 5.60. The molecule has 2 rings (SSSR count). The van der Waals surface area contributed by atoms with E-state index in [-0.39, 0.29) is 12.5 Å². The number of aromatic nitrogens is 1. The molecule has 0 aliphatic rings. The van der Waals surface area contributed by atoms with E-state index in [1.54, 1.807) is 17.3 Å².